The fourth-order valence-corrected chi connectivity index (χ4v) is 3.04. The third kappa shape index (κ3) is 3.22. The van der Waals surface area contributed by atoms with Crippen LogP contribution in [0.4, 0.5) is 0 Å². The van der Waals surface area contributed by atoms with Gasteiger partial charge in [-0.3, -0.25) is 0 Å². The van der Waals surface area contributed by atoms with Crippen LogP contribution >= 0.6 is 28.3 Å². The Bertz CT molecular complexity index is 323. The molecule has 0 aromatic heterocycles. The van der Waals surface area contributed by atoms with Crippen LogP contribution in [0.25, 0.3) is 0 Å². The minimum atomic E-state index is 0. The fraction of sp³-hybridized carbons (Fsp3) is 0.538. The van der Waals surface area contributed by atoms with Crippen molar-refractivity contribution in [2.24, 2.45) is 11.7 Å². The van der Waals surface area contributed by atoms with Crippen molar-refractivity contribution in [3.63, 3.8) is 0 Å². The van der Waals surface area contributed by atoms with E-state index in [-0.39, 0.29) is 18.4 Å². The molecule has 0 heterocycles. The van der Waals surface area contributed by atoms with Crippen LogP contribution in [-0.2, 0) is 0 Å². The lowest BCUT2D eigenvalue weighted by atomic mass is 9.81. The normalized spacial score (nSPS) is 18.9. The standard InChI is InChI=1S/C13H18BrN.ClH/c14-12-9-5-4-8-11(12)13(15)10-6-2-1-3-7-10;/h4-5,8-10,13H,1-3,6-7,15H2;1H/t13-;/m1./s1. The first-order valence-corrected chi connectivity index (χ1v) is 6.58. The lowest BCUT2D eigenvalue weighted by Crippen LogP contribution is -2.23. The summed E-state index contributed by atoms with van der Waals surface area (Å²) in [7, 11) is 0. The van der Waals surface area contributed by atoms with Gasteiger partial charge in [-0.1, -0.05) is 53.4 Å². The van der Waals surface area contributed by atoms with E-state index in [2.05, 4.69) is 34.1 Å². The van der Waals surface area contributed by atoms with Gasteiger partial charge in [-0.15, -0.1) is 12.4 Å². The maximum atomic E-state index is 6.34. The monoisotopic (exact) mass is 303 g/mol. The Kier molecular flexibility index (Phi) is 5.81. The predicted octanol–water partition coefficient (Wildman–Crippen LogP) is 4.45. The highest BCUT2D eigenvalue weighted by atomic mass is 79.9. The molecule has 1 aliphatic carbocycles. The molecule has 2 rings (SSSR count). The molecule has 1 aromatic rings. The first kappa shape index (κ1) is 14.0. The summed E-state index contributed by atoms with van der Waals surface area (Å²) in [5.74, 6) is 0.678. The Morgan fingerprint density at radius 1 is 1.12 bits per heavy atom. The Morgan fingerprint density at radius 2 is 1.75 bits per heavy atom. The molecule has 0 aliphatic heterocycles. The van der Waals surface area contributed by atoms with Gasteiger partial charge in [-0.25, -0.2) is 0 Å². The van der Waals surface area contributed by atoms with E-state index in [1.165, 1.54) is 37.7 Å². The molecule has 1 aromatic carbocycles. The summed E-state index contributed by atoms with van der Waals surface area (Å²) < 4.78 is 1.16. The maximum Gasteiger partial charge on any atom is 0.0334 e. The van der Waals surface area contributed by atoms with E-state index >= 15 is 0 Å². The van der Waals surface area contributed by atoms with Crippen molar-refractivity contribution in [3.8, 4) is 0 Å². The highest BCUT2D eigenvalue weighted by molar-refractivity contribution is 9.10. The minimum Gasteiger partial charge on any atom is -0.324 e. The average molecular weight is 305 g/mol. The van der Waals surface area contributed by atoms with Crippen LogP contribution in [0.5, 0.6) is 0 Å². The van der Waals surface area contributed by atoms with Crippen LogP contribution in [0.1, 0.15) is 43.7 Å². The van der Waals surface area contributed by atoms with Crippen LogP contribution in [-0.4, -0.2) is 0 Å². The molecule has 0 amide bonds. The van der Waals surface area contributed by atoms with Crippen molar-refractivity contribution in [2.75, 3.05) is 0 Å². The summed E-state index contributed by atoms with van der Waals surface area (Å²) in [5.41, 5.74) is 7.61. The summed E-state index contributed by atoms with van der Waals surface area (Å²) in [6, 6.07) is 8.55. The van der Waals surface area contributed by atoms with E-state index in [1.807, 2.05) is 6.07 Å². The van der Waals surface area contributed by atoms with Gasteiger partial charge in [0.15, 0.2) is 0 Å². The summed E-state index contributed by atoms with van der Waals surface area (Å²) in [4.78, 5) is 0. The van der Waals surface area contributed by atoms with E-state index in [0.717, 1.165) is 4.47 Å². The molecule has 0 bridgehead atoms. The first-order valence-electron chi connectivity index (χ1n) is 5.79. The molecular weight excluding hydrogens is 286 g/mol. The van der Waals surface area contributed by atoms with Crippen LogP contribution in [0, 0.1) is 5.92 Å². The van der Waals surface area contributed by atoms with E-state index in [0.29, 0.717) is 5.92 Å². The molecule has 16 heavy (non-hydrogen) atoms. The molecule has 90 valence electrons. The van der Waals surface area contributed by atoms with Crippen molar-refractivity contribution >= 4 is 28.3 Å². The summed E-state index contributed by atoms with van der Waals surface area (Å²) in [6.07, 6.45) is 6.68. The number of rotatable bonds is 2. The van der Waals surface area contributed by atoms with Gasteiger partial charge in [0.2, 0.25) is 0 Å². The van der Waals surface area contributed by atoms with Crippen molar-refractivity contribution in [1.29, 1.82) is 0 Å². The van der Waals surface area contributed by atoms with E-state index in [4.69, 9.17) is 5.73 Å². The lowest BCUT2D eigenvalue weighted by Gasteiger charge is -2.28. The molecule has 1 aliphatic rings. The molecule has 1 saturated carbocycles. The Labute approximate surface area is 112 Å². The van der Waals surface area contributed by atoms with Gasteiger partial charge < -0.3 is 5.73 Å². The average Bonchev–Trinajstić information content (AvgIpc) is 2.30. The molecule has 0 spiro atoms. The molecule has 1 fully saturated rings. The Balaban J connectivity index is 0.00000128. The smallest absolute Gasteiger partial charge is 0.0334 e. The number of hydrogen-bond acceptors (Lipinski definition) is 1. The van der Waals surface area contributed by atoms with Crippen molar-refractivity contribution in [3.05, 3.63) is 34.3 Å². The third-order valence-corrected chi connectivity index (χ3v) is 4.14. The van der Waals surface area contributed by atoms with Gasteiger partial charge in [-0.05, 0) is 30.4 Å². The minimum absolute atomic E-state index is 0. The van der Waals surface area contributed by atoms with E-state index in [9.17, 15) is 0 Å². The Morgan fingerprint density at radius 3 is 2.38 bits per heavy atom. The Hall–Kier alpha value is -0.0500. The molecule has 0 radical (unpaired) electrons. The van der Waals surface area contributed by atoms with Crippen LogP contribution in [0.15, 0.2) is 28.7 Å². The second-order valence-corrected chi connectivity index (χ2v) is 5.30. The zero-order valence-electron chi connectivity index (χ0n) is 9.36. The van der Waals surface area contributed by atoms with Gasteiger partial charge in [-0.2, -0.15) is 0 Å². The molecule has 0 saturated heterocycles. The number of benzene rings is 1. The van der Waals surface area contributed by atoms with E-state index in [1.54, 1.807) is 0 Å². The van der Waals surface area contributed by atoms with E-state index < -0.39 is 0 Å². The van der Waals surface area contributed by atoms with Gasteiger partial charge in [0.25, 0.3) is 0 Å². The van der Waals surface area contributed by atoms with Crippen LogP contribution in [0.2, 0.25) is 0 Å². The maximum absolute atomic E-state index is 6.34. The first-order chi connectivity index (χ1) is 7.29. The van der Waals surface area contributed by atoms with Crippen molar-refractivity contribution in [2.45, 2.75) is 38.1 Å². The van der Waals surface area contributed by atoms with Gasteiger partial charge in [0.1, 0.15) is 0 Å². The topological polar surface area (TPSA) is 26.0 Å². The zero-order chi connectivity index (χ0) is 10.7. The van der Waals surface area contributed by atoms with Gasteiger partial charge in [0, 0.05) is 10.5 Å². The third-order valence-electron chi connectivity index (χ3n) is 3.42. The summed E-state index contributed by atoms with van der Waals surface area (Å²) in [5, 5.41) is 0. The largest absolute Gasteiger partial charge is 0.324 e. The zero-order valence-corrected chi connectivity index (χ0v) is 11.8. The lowest BCUT2D eigenvalue weighted by molar-refractivity contribution is 0.307. The highest BCUT2D eigenvalue weighted by Crippen LogP contribution is 2.35. The molecule has 0 unspecified atom stereocenters. The van der Waals surface area contributed by atoms with Crippen LogP contribution < -0.4 is 5.73 Å². The molecule has 1 nitrogen and oxygen atoms in total. The fourth-order valence-electron chi connectivity index (χ4n) is 2.49. The van der Waals surface area contributed by atoms with Gasteiger partial charge >= 0.3 is 0 Å². The number of hydrogen-bond donors (Lipinski definition) is 1. The molecule has 3 heteroatoms. The van der Waals surface area contributed by atoms with Crippen LogP contribution in [0.3, 0.4) is 0 Å². The number of halogens is 2. The second-order valence-electron chi connectivity index (χ2n) is 4.45. The summed E-state index contributed by atoms with van der Waals surface area (Å²) in [6.45, 7) is 0. The van der Waals surface area contributed by atoms with Crippen molar-refractivity contribution in [1.82, 2.24) is 0 Å². The SMILES string of the molecule is Cl.N[C@@H](c1ccccc1Br)C1CCCCC1. The van der Waals surface area contributed by atoms with Gasteiger partial charge in [0.05, 0.1) is 0 Å². The quantitative estimate of drug-likeness (QED) is 0.858. The molecule has 2 N–H and O–H groups in total. The molecular formula is C13H19BrClN. The highest BCUT2D eigenvalue weighted by Gasteiger charge is 2.22. The summed E-state index contributed by atoms with van der Waals surface area (Å²) >= 11 is 3.58. The predicted molar refractivity (Wildman–Crippen MR) is 74.9 cm³/mol. The molecule has 1 atom stereocenters. The second kappa shape index (κ2) is 6.63. The van der Waals surface area contributed by atoms with Crippen molar-refractivity contribution < 1.29 is 0 Å². The number of nitrogens with two attached hydrogens (primary N) is 1.